The highest BCUT2D eigenvalue weighted by molar-refractivity contribution is 7.13. The Morgan fingerprint density at radius 2 is 2.07 bits per heavy atom. The third-order valence-corrected chi connectivity index (χ3v) is 3.11. The summed E-state index contributed by atoms with van der Waals surface area (Å²) in [7, 11) is 0. The molecule has 0 radical (unpaired) electrons. The van der Waals surface area contributed by atoms with Crippen LogP contribution in [0.3, 0.4) is 0 Å². The number of hydrogen-bond donors (Lipinski definition) is 0. The summed E-state index contributed by atoms with van der Waals surface area (Å²) < 4.78 is 0. The molecule has 0 spiro atoms. The van der Waals surface area contributed by atoms with Crippen LogP contribution in [0.25, 0.3) is 10.6 Å². The average molecular weight is 226 g/mol. The average Bonchev–Trinajstić information content (AvgIpc) is 2.52. The largest absolute Gasteiger partial charge is 0.217 e. The molecule has 0 aliphatic heterocycles. The molecule has 2 aromatic heterocycles. The van der Waals surface area contributed by atoms with Crippen molar-refractivity contribution < 1.29 is 0 Å². The Balaban J connectivity index is 2.58. The van der Waals surface area contributed by atoms with Gasteiger partial charge >= 0.3 is 0 Å². The van der Waals surface area contributed by atoms with Crippen LogP contribution in [0.15, 0.2) is 11.4 Å². The van der Waals surface area contributed by atoms with Gasteiger partial charge in [0, 0.05) is 0 Å². The SMILES string of the molecule is Cc1nnc(-c2sccc2C)c(Cl)n1. The minimum absolute atomic E-state index is 0.419. The first-order valence-corrected chi connectivity index (χ1v) is 5.35. The smallest absolute Gasteiger partial charge is 0.160 e. The Morgan fingerprint density at radius 3 is 2.64 bits per heavy atom. The van der Waals surface area contributed by atoms with Gasteiger partial charge < -0.3 is 0 Å². The van der Waals surface area contributed by atoms with Gasteiger partial charge in [-0.3, -0.25) is 0 Å². The van der Waals surface area contributed by atoms with Gasteiger partial charge in [0.1, 0.15) is 11.5 Å². The van der Waals surface area contributed by atoms with Crippen molar-refractivity contribution in [1.82, 2.24) is 15.2 Å². The molecule has 0 saturated carbocycles. The number of nitrogens with zero attached hydrogens (tertiary/aromatic N) is 3. The molecule has 0 aromatic carbocycles. The van der Waals surface area contributed by atoms with E-state index in [0.29, 0.717) is 16.7 Å². The molecule has 0 fully saturated rings. The van der Waals surface area contributed by atoms with Crippen LogP contribution in [-0.4, -0.2) is 15.2 Å². The molecular formula is C9H8ClN3S. The number of rotatable bonds is 1. The quantitative estimate of drug-likeness (QED) is 0.749. The maximum atomic E-state index is 5.99. The van der Waals surface area contributed by atoms with E-state index >= 15 is 0 Å². The first kappa shape index (κ1) is 9.55. The minimum atomic E-state index is 0.419. The molecule has 0 bridgehead atoms. The Labute approximate surface area is 90.8 Å². The second-order valence-corrected chi connectivity index (χ2v) is 4.21. The van der Waals surface area contributed by atoms with Crippen LogP contribution < -0.4 is 0 Å². The molecule has 2 rings (SSSR count). The Kier molecular flexibility index (Phi) is 2.48. The third-order valence-electron chi connectivity index (χ3n) is 1.83. The highest BCUT2D eigenvalue weighted by Gasteiger charge is 2.11. The maximum Gasteiger partial charge on any atom is 0.160 e. The van der Waals surface area contributed by atoms with Gasteiger partial charge in [-0.1, -0.05) is 11.6 Å². The molecule has 2 aromatic rings. The normalized spacial score (nSPS) is 10.5. The molecule has 0 saturated heterocycles. The van der Waals surface area contributed by atoms with Crippen LogP contribution in [0.5, 0.6) is 0 Å². The van der Waals surface area contributed by atoms with E-state index in [4.69, 9.17) is 11.6 Å². The van der Waals surface area contributed by atoms with E-state index in [2.05, 4.69) is 15.2 Å². The Bertz CT molecular complexity index is 467. The fourth-order valence-electron chi connectivity index (χ4n) is 1.14. The monoisotopic (exact) mass is 225 g/mol. The van der Waals surface area contributed by atoms with Gasteiger partial charge in [0.15, 0.2) is 5.15 Å². The molecule has 14 heavy (non-hydrogen) atoms. The Hall–Kier alpha value is -1.00. The zero-order chi connectivity index (χ0) is 10.1. The van der Waals surface area contributed by atoms with E-state index in [-0.39, 0.29) is 0 Å². The minimum Gasteiger partial charge on any atom is -0.217 e. The van der Waals surface area contributed by atoms with E-state index in [1.165, 1.54) is 0 Å². The molecule has 5 heteroatoms. The molecular weight excluding hydrogens is 218 g/mol. The van der Waals surface area contributed by atoms with Crippen molar-refractivity contribution in [3.05, 3.63) is 28.0 Å². The number of aromatic nitrogens is 3. The lowest BCUT2D eigenvalue weighted by Crippen LogP contribution is -1.95. The molecule has 72 valence electrons. The summed E-state index contributed by atoms with van der Waals surface area (Å²) in [4.78, 5) is 5.11. The van der Waals surface area contributed by atoms with E-state index in [9.17, 15) is 0 Å². The number of aryl methyl sites for hydroxylation is 2. The van der Waals surface area contributed by atoms with E-state index < -0.39 is 0 Å². The van der Waals surface area contributed by atoms with E-state index in [0.717, 1.165) is 10.4 Å². The van der Waals surface area contributed by atoms with Crippen molar-refractivity contribution in [2.24, 2.45) is 0 Å². The summed E-state index contributed by atoms with van der Waals surface area (Å²) in [6, 6.07) is 2.03. The van der Waals surface area contributed by atoms with Crippen LogP contribution >= 0.6 is 22.9 Å². The first-order chi connectivity index (χ1) is 6.68. The van der Waals surface area contributed by atoms with Crippen molar-refractivity contribution in [3.8, 4) is 10.6 Å². The van der Waals surface area contributed by atoms with Gasteiger partial charge in [0.25, 0.3) is 0 Å². The molecule has 2 heterocycles. The van der Waals surface area contributed by atoms with Crippen molar-refractivity contribution in [3.63, 3.8) is 0 Å². The van der Waals surface area contributed by atoms with Crippen molar-refractivity contribution in [2.75, 3.05) is 0 Å². The van der Waals surface area contributed by atoms with Gasteiger partial charge in [-0.05, 0) is 30.9 Å². The molecule has 0 unspecified atom stereocenters. The molecule has 0 atom stereocenters. The second kappa shape index (κ2) is 3.63. The molecule has 0 amide bonds. The summed E-state index contributed by atoms with van der Waals surface area (Å²) in [5, 5.41) is 10.4. The van der Waals surface area contributed by atoms with Crippen LogP contribution in [-0.2, 0) is 0 Å². The van der Waals surface area contributed by atoms with Gasteiger partial charge in [-0.25, -0.2) is 4.98 Å². The fourth-order valence-corrected chi connectivity index (χ4v) is 2.36. The van der Waals surface area contributed by atoms with Crippen LogP contribution in [0.4, 0.5) is 0 Å². The number of halogens is 1. The topological polar surface area (TPSA) is 38.7 Å². The predicted octanol–water partition coefficient (Wildman–Crippen LogP) is 2.87. The standard InChI is InChI=1S/C9H8ClN3S/c1-5-3-4-14-8(5)7-9(10)11-6(2)12-13-7/h3-4H,1-2H3. The zero-order valence-electron chi connectivity index (χ0n) is 7.78. The van der Waals surface area contributed by atoms with Gasteiger partial charge in [0.05, 0.1) is 4.88 Å². The lowest BCUT2D eigenvalue weighted by Gasteiger charge is -2.00. The van der Waals surface area contributed by atoms with Crippen LogP contribution in [0.2, 0.25) is 5.15 Å². The molecule has 3 nitrogen and oxygen atoms in total. The van der Waals surface area contributed by atoms with Gasteiger partial charge in [0.2, 0.25) is 0 Å². The third kappa shape index (κ3) is 1.63. The highest BCUT2D eigenvalue weighted by atomic mass is 35.5. The lowest BCUT2D eigenvalue weighted by atomic mass is 10.2. The number of hydrogen-bond acceptors (Lipinski definition) is 4. The highest BCUT2D eigenvalue weighted by Crippen LogP contribution is 2.30. The van der Waals surface area contributed by atoms with Crippen molar-refractivity contribution in [2.45, 2.75) is 13.8 Å². The van der Waals surface area contributed by atoms with Gasteiger partial charge in [-0.2, -0.15) is 0 Å². The van der Waals surface area contributed by atoms with Crippen LogP contribution in [0.1, 0.15) is 11.4 Å². The summed E-state index contributed by atoms with van der Waals surface area (Å²) in [6.07, 6.45) is 0. The summed E-state index contributed by atoms with van der Waals surface area (Å²) >= 11 is 7.58. The summed E-state index contributed by atoms with van der Waals surface area (Å²) in [5.41, 5.74) is 1.82. The first-order valence-electron chi connectivity index (χ1n) is 4.10. The fraction of sp³-hybridized carbons (Fsp3) is 0.222. The van der Waals surface area contributed by atoms with Crippen molar-refractivity contribution in [1.29, 1.82) is 0 Å². The summed E-state index contributed by atoms with van der Waals surface area (Å²) in [6.45, 7) is 3.79. The molecule has 0 N–H and O–H groups in total. The Morgan fingerprint density at radius 1 is 1.29 bits per heavy atom. The van der Waals surface area contributed by atoms with Gasteiger partial charge in [-0.15, -0.1) is 21.5 Å². The second-order valence-electron chi connectivity index (χ2n) is 2.93. The lowest BCUT2D eigenvalue weighted by molar-refractivity contribution is 0.915. The maximum absolute atomic E-state index is 5.99. The zero-order valence-corrected chi connectivity index (χ0v) is 9.35. The van der Waals surface area contributed by atoms with E-state index in [1.54, 1.807) is 18.3 Å². The molecule has 0 aliphatic rings. The molecule has 0 aliphatic carbocycles. The van der Waals surface area contributed by atoms with Crippen molar-refractivity contribution >= 4 is 22.9 Å². The number of thiophene rings is 1. The van der Waals surface area contributed by atoms with E-state index in [1.807, 2.05) is 18.4 Å². The van der Waals surface area contributed by atoms with Crippen LogP contribution in [0, 0.1) is 13.8 Å². The predicted molar refractivity (Wildman–Crippen MR) is 57.6 cm³/mol. The summed E-state index contributed by atoms with van der Waals surface area (Å²) in [5.74, 6) is 0.591.